The average molecular weight is 413 g/mol. The standard InChI is InChI=1S/C23H24FNO5/c1-4-28-20-12-17-10-14(2)29-21(17)11-16(20)8-9-22(26)30-15(3)23(27)25-19-7-5-6-18(24)13-19/h5-9,11-15H,4,10H2,1-3H3,(H,25,27)/b9-8+/t14-,15-/m1/s1. The first-order valence-corrected chi connectivity index (χ1v) is 9.77. The lowest BCUT2D eigenvalue weighted by atomic mass is 10.1. The first-order chi connectivity index (χ1) is 14.4. The average Bonchev–Trinajstić information content (AvgIpc) is 3.05. The zero-order valence-corrected chi connectivity index (χ0v) is 17.1. The second-order valence-corrected chi connectivity index (χ2v) is 6.98. The molecule has 0 aromatic heterocycles. The number of hydrogen-bond donors (Lipinski definition) is 1. The largest absolute Gasteiger partial charge is 0.493 e. The normalized spacial score (nSPS) is 15.9. The van der Waals surface area contributed by atoms with Gasteiger partial charge in [-0.05, 0) is 57.2 Å². The van der Waals surface area contributed by atoms with Gasteiger partial charge in [0.25, 0.3) is 5.91 Å². The molecule has 3 rings (SSSR count). The van der Waals surface area contributed by atoms with E-state index in [1.165, 1.54) is 31.2 Å². The molecule has 2 atom stereocenters. The van der Waals surface area contributed by atoms with Crippen molar-refractivity contribution in [3.8, 4) is 11.5 Å². The molecule has 0 aliphatic carbocycles. The van der Waals surface area contributed by atoms with Gasteiger partial charge >= 0.3 is 5.97 Å². The van der Waals surface area contributed by atoms with Gasteiger partial charge in [-0.3, -0.25) is 4.79 Å². The molecule has 1 N–H and O–H groups in total. The van der Waals surface area contributed by atoms with E-state index in [2.05, 4.69) is 5.32 Å². The van der Waals surface area contributed by atoms with E-state index in [1.54, 1.807) is 12.1 Å². The Kier molecular flexibility index (Phi) is 6.72. The number of fused-ring (bicyclic) bond motifs is 1. The van der Waals surface area contributed by atoms with E-state index in [4.69, 9.17) is 14.2 Å². The number of hydrogen-bond acceptors (Lipinski definition) is 5. The minimum absolute atomic E-state index is 0.0936. The third-order valence-corrected chi connectivity index (χ3v) is 4.48. The lowest BCUT2D eigenvalue weighted by molar-refractivity contribution is -0.148. The number of benzene rings is 2. The first kappa shape index (κ1) is 21.4. The molecule has 0 radical (unpaired) electrons. The van der Waals surface area contributed by atoms with Crippen molar-refractivity contribution in [2.45, 2.75) is 39.4 Å². The minimum atomic E-state index is -1.05. The maximum Gasteiger partial charge on any atom is 0.331 e. The SMILES string of the molecule is CCOc1cc2c(cc1/C=C/C(=O)O[C@H](C)C(=O)Nc1cccc(F)c1)O[C@H](C)C2. The maximum atomic E-state index is 13.2. The fourth-order valence-electron chi connectivity index (χ4n) is 3.10. The van der Waals surface area contributed by atoms with Crippen molar-refractivity contribution in [2.24, 2.45) is 0 Å². The summed E-state index contributed by atoms with van der Waals surface area (Å²) in [4.78, 5) is 24.3. The van der Waals surface area contributed by atoms with E-state index in [-0.39, 0.29) is 11.8 Å². The van der Waals surface area contributed by atoms with Crippen LogP contribution in [0.2, 0.25) is 0 Å². The van der Waals surface area contributed by atoms with Gasteiger partial charge in [0.05, 0.1) is 6.61 Å². The molecule has 2 aromatic carbocycles. The van der Waals surface area contributed by atoms with Crippen molar-refractivity contribution >= 4 is 23.6 Å². The fraction of sp³-hybridized carbons (Fsp3) is 0.304. The summed E-state index contributed by atoms with van der Waals surface area (Å²) in [6.07, 6.45) is 2.64. The van der Waals surface area contributed by atoms with Crippen LogP contribution >= 0.6 is 0 Å². The molecule has 0 bridgehead atoms. The van der Waals surface area contributed by atoms with Crippen LogP contribution in [0.25, 0.3) is 6.08 Å². The summed E-state index contributed by atoms with van der Waals surface area (Å²) in [7, 11) is 0. The molecule has 0 spiro atoms. The Bertz CT molecular complexity index is 972. The summed E-state index contributed by atoms with van der Waals surface area (Å²) < 4.78 is 29.8. The summed E-state index contributed by atoms with van der Waals surface area (Å²) in [5.74, 6) is -0.304. The van der Waals surface area contributed by atoms with E-state index < -0.39 is 23.8 Å². The molecule has 6 nitrogen and oxygen atoms in total. The molecule has 30 heavy (non-hydrogen) atoms. The van der Waals surface area contributed by atoms with Crippen LogP contribution in [0.5, 0.6) is 11.5 Å². The number of nitrogens with one attached hydrogen (secondary N) is 1. The molecule has 0 unspecified atom stereocenters. The van der Waals surface area contributed by atoms with Gasteiger partial charge in [-0.2, -0.15) is 0 Å². The summed E-state index contributed by atoms with van der Waals surface area (Å²) in [5.41, 5.74) is 2.03. The zero-order chi connectivity index (χ0) is 21.7. The summed E-state index contributed by atoms with van der Waals surface area (Å²) in [6, 6.07) is 9.21. The van der Waals surface area contributed by atoms with Gasteiger partial charge in [0.15, 0.2) is 6.10 Å². The van der Waals surface area contributed by atoms with E-state index in [9.17, 15) is 14.0 Å². The summed E-state index contributed by atoms with van der Waals surface area (Å²) in [5, 5.41) is 2.50. The van der Waals surface area contributed by atoms with Crippen molar-refractivity contribution in [3.05, 3.63) is 59.4 Å². The number of halogens is 1. The minimum Gasteiger partial charge on any atom is -0.493 e. The van der Waals surface area contributed by atoms with Crippen LogP contribution in [-0.2, 0) is 20.7 Å². The number of amides is 1. The molecular weight excluding hydrogens is 389 g/mol. The predicted octanol–water partition coefficient (Wildman–Crippen LogP) is 4.13. The lowest BCUT2D eigenvalue weighted by Crippen LogP contribution is -2.29. The van der Waals surface area contributed by atoms with Crippen molar-refractivity contribution < 1.29 is 28.2 Å². The number of carbonyl (C=O) groups is 2. The highest BCUT2D eigenvalue weighted by atomic mass is 19.1. The van der Waals surface area contributed by atoms with Crippen LogP contribution in [-0.4, -0.2) is 30.7 Å². The fourth-order valence-corrected chi connectivity index (χ4v) is 3.10. The highest BCUT2D eigenvalue weighted by Gasteiger charge is 2.21. The molecule has 1 aliphatic heterocycles. The summed E-state index contributed by atoms with van der Waals surface area (Å²) in [6.45, 7) is 5.80. The van der Waals surface area contributed by atoms with Crippen LogP contribution in [0.4, 0.5) is 10.1 Å². The Labute approximate surface area is 174 Å². The van der Waals surface area contributed by atoms with Crippen LogP contribution in [0, 0.1) is 5.82 Å². The first-order valence-electron chi connectivity index (χ1n) is 9.77. The van der Waals surface area contributed by atoms with E-state index in [0.29, 0.717) is 17.9 Å². The van der Waals surface area contributed by atoms with Crippen LogP contribution in [0.3, 0.4) is 0 Å². The van der Waals surface area contributed by atoms with Gasteiger partial charge in [0.1, 0.15) is 23.4 Å². The molecule has 1 aliphatic rings. The molecule has 0 fully saturated rings. The van der Waals surface area contributed by atoms with Gasteiger partial charge in [0.2, 0.25) is 0 Å². The van der Waals surface area contributed by atoms with Crippen molar-refractivity contribution in [2.75, 3.05) is 11.9 Å². The van der Waals surface area contributed by atoms with Crippen LogP contribution in [0.15, 0.2) is 42.5 Å². The van der Waals surface area contributed by atoms with Gasteiger partial charge in [-0.1, -0.05) is 6.07 Å². The Morgan fingerprint density at radius 3 is 2.87 bits per heavy atom. The van der Waals surface area contributed by atoms with E-state index >= 15 is 0 Å². The molecule has 1 heterocycles. The van der Waals surface area contributed by atoms with Gasteiger partial charge < -0.3 is 19.5 Å². The molecule has 2 aromatic rings. The van der Waals surface area contributed by atoms with Gasteiger partial charge in [0, 0.05) is 29.3 Å². The van der Waals surface area contributed by atoms with E-state index in [1.807, 2.05) is 26.0 Å². The van der Waals surface area contributed by atoms with Gasteiger partial charge in [-0.25, -0.2) is 9.18 Å². The zero-order valence-electron chi connectivity index (χ0n) is 17.1. The van der Waals surface area contributed by atoms with Crippen molar-refractivity contribution in [1.82, 2.24) is 0 Å². The molecule has 7 heteroatoms. The highest BCUT2D eigenvalue weighted by molar-refractivity contribution is 5.96. The van der Waals surface area contributed by atoms with Gasteiger partial charge in [-0.15, -0.1) is 0 Å². The summed E-state index contributed by atoms with van der Waals surface area (Å²) >= 11 is 0. The van der Waals surface area contributed by atoms with Crippen molar-refractivity contribution in [3.63, 3.8) is 0 Å². The number of anilines is 1. The molecule has 0 saturated carbocycles. The number of rotatable bonds is 7. The second kappa shape index (κ2) is 9.43. The Hall–Kier alpha value is -3.35. The molecule has 0 saturated heterocycles. The van der Waals surface area contributed by atoms with Crippen molar-refractivity contribution in [1.29, 1.82) is 0 Å². The van der Waals surface area contributed by atoms with Crippen LogP contribution < -0.4 is 14.8 Å². The van der Waals surface area contributed by atoms with Crippen LogP contribution in [0.1, 0.15) is 31.9 Å². The lowest BCUT2D eigenvalue weighted by Gasteiger charge is -2.13. The Balaban J connectivity index is 1.64. The molecule has 158 valence electrons. The number of esters is 1. The quantitative estimate of drug-likeness (QED) is 0.546. The molecular formula is C23H24FNO5. The highest BCUT2D eigenvalue weighted by Crippen LogP contribution is 2.35. The second-order valence-electron chi connectivity index (χ2n) is 6.98. The smallest absolute Gasteiger partial charge is 0.331 e. The monoisotopic (exact) mass is 413 g/mol. The molecule has 1 amide bonds. The topological polar surface area (TPSA) is 73.9 Å². The predicted molar refractivity (Wildman–Crippen MR) is 111 cm³/mol. The Morgan fingerprint density at radius 2 is 2.13 bits per heavy atom. The van der Waals surface area contributed by atoms with E-state index in [0.717, 1.165) is 17.7 Å². The number of carbonyl (C=O) groups excluding carboxylic acids is 2. The Morgan fingerprint density at radius 1 is 1.33 bits per heavy atom. The maximum absolute atomic E-state index is 13.2. The number of ether oxygens (including phenoxy) is 3. The third kappa shape index (κ3) is 5.37. The third-order valence-electron chi connectivity index (χ3n) is 4.48.